The van der Waals surface area contributed by atoms with Crippen LogP contribution in [-0.2, 0) is 19.7 Å². The van der Waals surface area contributed by atoms with E-state index in [1.54, 1.807) is 0 Å². The number of fused-ring (bicyclic) bond motifs is 1. The van der Waals surface area contributed by atoms with Crippen molar-refractivity contribution in [2.24, 2.45) is 0 Å². The van der Waals surface area contributed by atoms with Gasteiger partial charge >= 0.3 is 0 Å². The van der Waals surface area contributed by atoms with Crippen LogP contribution >= 0.6 is 11.8 Å². The normalized spacial score (nSPS) is 15.7. The third kappa shape index (κ3) is 5.35. The standard InChI is InChI=1S/C36H36O13S2/c1-14(37)18-19(15(2)38)27-24-23-22-20(30(40)33(47-4)26(18)23)16(39)13-17(46-3)21(22)28-25(24)29(31(41)34(27)48-5)32(42)36(35(28)49-6)50-11-9-7-8-10-12-51(43,44)45/h13,18-19,40-41H,7-12H2,1-6H3,(H,43,44,45). The van der Waals surface area contributed by atoms with Crippen molar-refractivity contribution >= 4 is 76.5 Å². The smallest absolute Gasteiger partial charge is 0.264 e. The lowest BCUT2D eigenvalue weighted by Gasteiger charge is -2.35. The highest BCUT2D eigenvalue weighted by Gasteiger charge is 2.46. The first kappa shape index (κ1) is 36.2. The molecule has 2 atom stereocenters. The molecule has 15 heteroatoms. The largest absolute Gasteiger partial charge is 0.504 e. The van der Waals surface area contributed by atoms with Crippen LogP contribution in [0, 0.1) is 0 Å². The molecule has 0 saturated carbocycles. The Kier molecular flexibility index (Phi) is 9.36. The summed E-state index contributed by atoms with van der Waals surface area (Å²) in [5.74, 6) is -4.64. The molecule has 5 aromatic rings. The number of thioether (sulfide) groups is 1. The van der Waals surface area contributed by atoms with Crippen LogP contribution in [0.5, 0.6) is 34.5 Å². The summed E-state index contributed by atoms with van der Waals surface area (Å²) in [5.41, 5.74) is -0.923. The van der Waals surface area contributed by atoms with E-state index >= 15 is 0 Å². The van der Waals surface area contributed by atoms with E-state index in [-0.39, 0.29) is 94.3 Å². The third-order valence-electron chi connectivity index (χ3n) is 9.76. The van der Waals surface area contributed by atoms with Crippen molar-refractivity contribution in [3.63, 3.8) is 0 Å². The van der Waals surface area contributed by atoms with Gasteiger partial charge in [-0.1, -0.05) is 12.8 Å². The van der Waals surface area contributed by atoms with E-state index in [1.807, 2.05) is 0 Å². The zero-order chi connectivity index (χ0) is 37.3. The highest BCUT2D eigenvalue weighted by molar-refractivity contribution is 7.99. The quantitative estimate of drug-likeness (QED) is 0.0439. The van der Waals surface area contributed by atoms with Crippen LogP contribution in [0.25, 0.3) is 43.1 Å². The average Bonchev–Trinajstić information content (AvgIpc) is 3.06. The number of carbonyl (C=O) groups is 2. The molecule has 3 N–H and O–H groups in total. The van der Waals surface area contributed by atoms with E-state index in [4.69, 9.17) is 23.5 Å². The first-order chi connectivity index (χ1) is 24.2. The third-order valence-corrected chi connectivity index (χ3v) is 11.7. The second-order valence-corrected chi connectivity index (χ2v) is 15.3. The van der Waals surface area contributed by atoms with E-state index in [0.717, 1.165) is 11.8 Å². The molecule has 0 aliphatic heterocycles. The molecule has 0 fully saturated rings. The van der Waals surface area contributed by atoms with Gasteiger partial charge in [-0.15, -0.1) is 11.8 Å². The van der Waals surface area contributed by atoms with E-state index in [0.29, 0.717) is 25.0 Å². The number of phenolic OH excluding ortho intramolecular Hbond substituents is 2. The number of ether oxygens (including phenoxy) is 4. The van der Waals surface area contributed by atoms with Crippen LogP contribution < -0.4 is 29.8 Å². The molecule has 1 aliphatic rings. The first-order valence-electron chi connectivity index (χ1n) is 16.1. The Morgan fingerprint density at radius 1 is 0.686 bits per heavy atom. The summed E-state index contributed by atoms with van der Waals surface area (Å²) in [6.45, 7) is 2.59. The molecular formula is C36H36O13S2. The fourth-order valence-electron chi connectivity index (χ4n) is 7.88. The van der Waals surface area contributed by atoms with Crippen molar-refractivity contribution in [1.29, 1.82) is 0 Å². The Morgan fingerprint density at radius 3 is 1.69 bits per heavy atom. The number of benzene rings is 5. The molecule has 0 radical (unpaired) electrons. The van der Waals surface area contributed by atoms with Crippen molar-refractivity contribution < 1.29 is 51.7 Å². The monoisotopic (exact) mass is 740 g/mol. The van der Waals surface area contributed by atoms with E-state index in [1.165, 1.54) is 48.4 Å². The van der Waals surface area contributed by atoms with Gasteiger partial charge < -0.3 is 29.2 Å². The molecule has 2 unspecified atom stereocenters. The summed E-state index contributed by atoms with van der Waals surface area (Å²) in [7, 11) is 1.20. The maximum atomic E-state index is 14.6. The fourth-order valence-corrected chi connectivity index (χ4v) is 9.55. The zero-order valence-electron chi connectivity index (χ0n) is 28.7. The maximum Gasteiger partial charge on any atom is 0.264 e. The Labute approximate surface area is 295 Å². The number of phenols is 2. The number of hydrogen-bond donors (Lipinski definition) is 3. The highest BCUT2D eigenvalue weighted by atomic mass is 32.2. The molecule has 0 amide bonds. The van der Waals surface area contributed by atoms with Gasteiger partial charge in [-0.05, 0) is 43.2 Å². The van der Waals surface area contributed by atoms with Crippen molar-refractivity contribution in [3.05, 3.63) is 37.6 Å². The zero-order valence-corrected chi connectivity index (χ0v) is 30.3. The number of rotatable bonds is 14. The minimum atomic E-state index is -4.07. The number of ketones is 2. The van der Waals surface area contributed by atoms with Crippen LogP contribution in [-0.4, -0.2) is 74.7 Å². The SMILES string of the molecule is COc1c(O)c2c(=O)cc(OC)c3c4c(OC)c(SCCCCCCS(=O)(=O)O)c(=O)c5c(O)c(OC)c6c(c(c1C(C(C)=O)C6C(C)=O)c23)c54. The Bertz CT molecular complexity index is 2510. The molecule has 0 saturated heterocycles. The van der Waals surface area contributed by atoms with Crippen LogP contribution in [0.1, 0.15) is 62.5 Å². The number of aromatic hydroxyl groups is 2. The lowest BCUT2D eigenvalue weighted by molar-refractivity contribution is -0.125. The first-order valence-corrected chi connectivity index (χ1v) is 18.7. The van der Waals surface area contributed by atoms with Crippen molar-refractivity contribution in [2.45, 2.75) is 56.3 Å². The Hall–Kier alpha value is -4.60. The number of hydrogen-bond acceptors (Lipinski definition) is 13. The van der Waals surface area contributed by atoms with Gasteiger partial charge in [0.2, 0.25) is 5.43 Å². The second kappa shape index (κ2) is 13.2. The summed E-state index contributed by atoms with van der Waals surface area (Å²) in [4.78, 5) is 55.7. The Morgan fingerprint density at radius 2 is 1.20 bits per heavy atom. The van der Waals surface area contributed by atoms with Gasteiger partial charge in [0.05, 0.1) is 61.7 Å². The van der Waals surface area contributed by atoms with Crippen LogP contribution in [0.3, 0.4) is 0 Å². The summed E-state index contributed by atoms with van der Waals surface area (Å²) >= 11 is 1.16. The summed E-state index contributed by atoms with van der Waals surface area (Å²) in [5, 5.41) is 24.8. The van der Waals surface area contributed by atoms with Gasteiger partial charge in [0, 0.05) is 38.7 Å². The Balaban J connectivity index is 1.82. The molecule has 270 valence electrons. The predicted molar refractivity (Wildman–Crippen MR) is 193 cm³/mol. The number of Topliss-reactive ketones (excluding diaryl/α,β-unsaturated/α-hetero) is 2. The predicted octanol–water partition coefficient (Wildman–Crippen LogP) is 5.24. The van der Waals surface area contributed by atoms with Crippen molar-refractivity contribution in [2.75, 3.05) is 39.9 Å². The summed E-state index contributed by atoms with van der Waals surface area (Å²) in [6.07, 6.45) is 1.97. The molecule has 0 bridgehead atoms. The van der Waals surface area contributed by atoms with E-state index < -0.39 is 55.9 Å². The molecule has 0 heterocycles. The number of methoxy groups -OCH3 is 4. The topological polar surface area (TPSA) is 200 Å². The van der Waals surface area contributed by atoms with Crippen molar-refractivity contribution in [3.8, 4) is 34.5 Å². The van der Waals surface area contributed by atoms with Gasteiger partial charge in [0.25, 0.3) is 10.1 Å². The van der Waals surface area contributed by atoms with Crippen LogP contribution in [0.2, 0.25) is 0 Å². The molecule has 6 rings (SSSR count). The molecule has 13 nitrogen and oxygen atoms in total. The minimum Gasteiger partial charge on any atom is -0.504 e. The van der Waals surface area contributed by atoms with Gasteiger partial charge in [-0.25, -0.2) is 0 Å². The summed E-state index contributed by atoms with van der Waals surface area (Å²) < 4.78 is 54.3. The molecule has 0 aromatic heterocycles. The van der Waals surface area contributed by atoms with Crippen molar-refractivity contribution in [1.82, 2.24) is 0 Å². The summed E-state index contributed by atoms with van der Waals surface area (Å²) in [6, 6.07) is 1.19. The molecular weight excluding hydrogens is 705 g/mol. The van der Waals surface area contributed by atoms with Gasteiger partial charge in [0.15, 0.2) is 28.4 Å². The lowest BCUT2D eigenvalue weighted by atomic mass is 9.67. The fraction of sp³-hybridized carbons (Fsp3) is 0.389. The molecule has 0 spiro atoms. The molecule has 51 heavy (non-hydrogen) atoms. The lowest BCUT2D eigenvalue weighted by Crippen LogP contribution is -2.28. The number of unbranched alkanes of at least 4 members (excludes halogenated alkanes) is 3. The van der Waals surface area contributed by atoms with Gasteiger partial charge in [-0.2, -0.15) is 8.42 Å². The maximum absolute atomic E-state index is 14.6. The van der Waals surface area contributed by atoms with E-state index in [9.17, 15) is 37.8 Å². The van der Waals surface area contributed by atoms with Crippen LogP contribution in [0.15, 0.2) is 20.6 Å². The van der Waals surface area contributed by atoms with Gasteiger partial charge in [0.1, 0.15) is 23.1 Å². The molecule has 5 aromatic carbocycles. The molecule has 1 aliphatic carbocycles. The van der Waals surface area contributed by atoms with E-state index in [2.05, 4.69) is 0 Å². The number of carbonyl (C=O) groups excluding carboxylic acids is 2. The van der Waals surface area contributed by atoms with Gasteiger partial charge in [-0.3, -0.25) is 23.7 Å². The van der Waals surface area contributed by atoms with Crippen LogP contribution in [0.4, 0.5) is 0 Å². The second-order valence-electron chi connectivity index (χ2n) is 12.6. The minimum absolute atomic E-state index is 0.0721. The average molecular weight is 741 g/mol. The highest BCUT2D eigenvalue weighted by Crippen LogP contribution is 2.62.